The van der Waals surface area contributed by atoms with E-state index >= 15 is 0 Å². The molecule has 4 bridgehead atoms. The van der Waals surface area contributed by atoms with Gasteiger partial charge < -0.3 is 19.7 Å². The summed E-state index contributed by atoms with van der Waals surface area (Å²) in [6.45, 7) is 3.96. The van der Waals surface area contributed by atoms with Crippen LogP contribution in [0.4, 0.5) is 0 Å². The van der Waals surface area contributed by atoms with E-state index in [0.717, 1.165) is 22.3 Å². The molecule has 6 aliphatic rings. The molecule has 3 heterocycles. The Hall–Kier alpha value is -1.59. The van der Waals surface area contributed by atoms with E-state index in [0.29, 0.717) is 6.42 Å². The van der Waals surface area contributed by atoms with Crippen LogP contribution in [0.25, 0.3) is 0 Å². The highest BCUT2D eigenvalue weighted by Crippen LogP contribution is 2.75. The number of carbonyl (C=O) groups excluding carboxylic acids is 1. The molecule has 3 saturated heterocycles. The highest BCUT2D eigenvalue weighted by atomic mass is 16.6. The van der Waals surface area contributed by atoms with E-state index in [2.05, 4.69) is 6.92 Å². The zero-order chi connectivity index (χ0) is 15.8. The van der Waals surface area contributed by atoms with Crippen LogP contribution in [0.1, 0.15) is 53.7 Å². The largest absolute Gasteiger partial charge is 0.508 e. The van der Waals surface area contributed by atoms with Crippen molar-refractivity contribution >= 4 is 5.97 Å². The molecule has 23 heavy (non-hydrogen) atoms. The zero-order valence-corrected chi connectivity index (χ0v) is 12.9. The van der Waals surface area contributed by atoms with E-state index in [1.807, 2.05) is 6.92 Å². The third kappa shape index (κ3) is 1.04. The van der Waals surface area contributed by atoms with Crippen molar-refractivity contribution in [3.05, 3.63) is 28.3 Å². The molecule has 2 N–H and O–H groups in total. The maximum atomic E-state index is 12.8. The minimum Gasteiger partial charge on any atom is -0.508 e. The summed E-state index contributed by atoms with van der Waals surface area (Å²) >= 11 is 0. The molecule has 5 heteroatoms. The fourth-order valence-electron chi connectivity index (χ4n) is 6.46. The first-order chi connectivity index (χ1) is 11.0. The Morgan fingerprint density at radius 2 is 2.09 bits per heavy atom. The smallest absolute Gasteiger partial charge is 0.313 e. The second kappa shape index (κ2) is 3.42. The summed E-state index contributed by atoms with van der Waals surface area (Å²) in [7, 11) is 0. The van der Waals surface area contributed by atoms with Gasteiger partial charge >= 0.3 is 5.97 Å². The normalized spacial score (nSPS) is 50.4. The van der Waals surface area contributed by atoms with Crippen LogP contribution < -0.4 is 0 Å². The average Bonchev–Trinajstić information content (AvgIpc) is 3.00. The molecule has 5 nitrogen and oxygen atoms in total. The van der Waals surface area contributed by atoms with Crippen LogP contribution in [0.5, 0.6) is 5.75 Å². The first kappa shape index (κ1) is 12.8. The van der Waals surface area contributed by atoms with Crippen molar-refractivity contribution in [3.8, 4) is 5.75 Å². The van der Waals surface area contributed by atoms with E-state index in [4.69, 9.17) is 9.47 Å². The standard InChI is InChI=1S/C18H18O5/c1-5-8(19)3-7-9(20)4-18-6(2)14-16(23-17(18)21)12-13(18)11(7)10(5)15(12)22-14/h3,6,9,12-16,19-20H,4H2,1-2H3/t6-,9-,12-,13-,14-,15+,16-,18-/m1/s1. The van der Waals surface area contributed by atoms with Gasteiger partial charge in [-0.15, -0.1) is 0 Å². The Balaban J connectivity index is 1.77. The summed E-state index contributed by atoms with van der Waals surface area (Å²) in [5.74, 6) is 0.273. The molecule has 3 aliphatic carbocycles. The topological polar surface area (TPSA) is 76.0 Å². The number of benzene rings is 1. The van der Waals surface area contributed by atoms with Gasteiger partial charge in [-0.25, -0.2) is 0 Å². The van der Waals surface area contributed by atoms with Crippen molar-refractivity contribution in [2.75, 3.05) is 0 Å². The highest BCUT2D eigenvalue weighted by molar-refractivity contribution is 5.84. The second-order valence-electron chi connectivity index (χ2n) is 7.93. The Morgan fingerprint density at radius 3 is 2.87 bits per heavy atom. The number of aliphatic hydroxyl groups excluding tert-OH is 1. The van der Waals surface area contributed by atoms with Crippen LogP contribution in [-0.4, -0.2) is 28.4 Å². The van der Waals surface area contributed by atoms with E-state index in [9.17, 15) is 15.0 Å². The number of phenols is 1. The second-order valence-corrected chi connectivity index (χ2v) is 7.93. The van der Waals surface area contributed by atoms with Crippen LogP contribution >= 0.6 is 0 Å². The van der Waals surface area contributed by atoms with Gasteiger partial charge in [-0.05, 0) is 41.7 Å². The predicted molar refractivity (Wildman–Crippen MR) is 77.7 cm³/mol. The maximum Gasteiger partial charge on any atom is 0.313 e. The zero-order valence-electron chi connectivity index (χ0n) is 12.9. The Labute approximate surface area is 133 Å². The van der Waals surface area contributed by atoms with E-state index in [1.54, 1.807) is 6.07 Å². The first-order valence-corrected chi connectivity index (χ1v) is 8.37. The number of aliphatic hydroxyl groups is 1. The quantitative estimate of drug-likeness (QED) is 0.715. The maximum absolute atomic E-state index is 12.8. The molecule has 1 saturated carbocycles. The summed E-state index contributed by atoms with van der Waals surface area (Å²) in [5, 5.41) is 21.1. The van der Waals surface area contributed by atoms with Gasteiger partial charge in [-0.3, -0.25) is 4.79 Å². The molecule has 1 aromatic carbocycles. The minimum atomic E-state index is -0.741. The average molecular weight is 314 g/mol. The first-order valence-electron chi connectivity index (χ1n) is 8.37. The summed E-state index contributed by atoms with van der Waals surface area (Å²) < 4.78 is 12.1. The summed E-state index contributed by atoms with van der Waals surface area (Å²) in [5.41, 5.74) is 2.96. The van der Waals surface area contributed by atoms with E-state index < -0.39 is 11.5 Å². The molecule has 8 atom stereocenters. The molecule has 0 radical (unpaired) electrons. The van der Waals surface area contributed by atoms with Gasteiger partial charge in [-0.2, -0.15) is 0 Å². The highest BCUT2D eigenvalue weighted by Gasteiger charge is 2.77. The van der Waals surface area contributed by atoms with Crippen molar-refractivity contribution in [1.29, 1.82) is 0 Å². The van der Waals surface area contributed by atoms with Crippen LogP contribution in [0.3, 0.4) is 0 Å². The minimum absolute atomic E-state index is 0.0464. The monoisotopic (exact) mass is 314 g/mol. The molecule has 3 aliphatic heterocycles. The molecule has 7 rings (SSSR count). The van der Waals surface area contributed by atoms with Gasteiger partial charge in [0.2, 0.25) is 0 Å². The van der Waals surface area contributed by atoms with Crippen molar-refractivity contribution in [1.82, 2.24) is 0 Å². The Bertz CT molecular complexity index is 801. The molecule has 120 valence electrons. The van der Waals surface area contributed by atoms with Crippen LogP contribution in [0.15, 0.2) is 6.07 Å². The van der Waals surface area contributed by atoms with Crippen molar-refractivity contribution in [3.63, 3.8) is 0 Å². The number of carbonyl (C=O) groups is 1. The lowest BCUT2D eigenvalue weighted by molar-refractivity contribution is -0.220. The SMILES string of the molecule is Cc1c(O)cc2c3c1[C@@H]1O[C@H]4[C@@H]5OC(=O)[C@](C[C@H]2O)([C@@H]4C)[C@H]3[C@@H]51. The number of aromatic hydroxyl groups is 1. The number of rotatable bonds is 0. The number of hydrogen-bond donors (Lipinski definition) is 2. The number of fused-ring (bicyclic) bond motifs is 2. The van der Waals surface area contributed by atoms with Gasteiger partial charge in [-0.1, -0.05) is 6.92 Å². The predicted octanol–water partition coefficient (Wildman–Crippen LogP) is 1.85. The van der Waals surface area contributed by atoms with Crippen molar-refractivity contribution < 1.29 is 24.5 Å². The lowest BCUT2D eigenvalue weighted by Crippen LogP contribution is -2.65. The van der Waals surface area contributed by atoms with E-state index in [1.165, 1.54) is 0 Å². The fourth-order valence-corrected chi connectivity index (χ4v) is 6.46. The molecule has 0 aromatic heterocycles. The number of hydrogen-bond acceptors (Lipinski definition) is 5. The van der Waals surface area contributed by atoms with Crippen LogP contribution in [0, 0.1) is 24.2 Å². The lowest BCUT2D eigenvalue weighted by Gasteiger charge is -2.58. The molecule has 1 aromatic rings. The molecule has 4 fully saturated rings. The van der Waals surface area contributed by atoms with Crippen LogP contribution in [0.2, 0.25) is 0 Å². The molecular weight excluding hydrogens is 296 g/mol. The van der Waals surface area contributed by atoms with Crippen LogP contribution in [-0.2, 0) is 14.3 Å². The lowest BCUT2D eigenvalue weighted by atomic mass is 9.49. The number of esters is 1. The molecular formula is C18H18O5. The van der Waals surface area contributed by atoms with Gasteiger partial charge in [0.05, 0.1) is 23.7 Å². The third-order valence-corrected chi connectivity index (χ3v) is 7.39. The third-order valence-electron chi connectivity index (χ3n) is 7.39. The molecule has 1 spiro atoms. The Morgan fingerprint density at radius 1 is 1.30 bits per heavy atom. The fraction of sp³-hybridized carbons (Fsp3) is 0.611. The summed E-state index contributed by atoms with van der Waals surface area (Å²) in [6, 6.07) is 1.68. The van der Waals surface area contributed by atoms with Crippen molar-refractivity contribution in [2.45, 2.75) is 50.6 Å². The Kier molecular flexibility index (Phi) is 1.90. The summed E-state index contributed by atoms with van der Waals surface area (Å²) in [6.07, 6.45) is -0.788. The van der Waals surface area contributed by atoms with Gasteiger partial charge in [0, 0.05) is 17.8 Å². The van der Waals surface area contributed by atoms with Gasteiger partial charge in [0.15, 0.2) is 0 Å². The van der Waals surface area contributed by atoms with Gasteiger partial charge in [0.1, 0.15) is 11.9 Å². The number of phenolic OH excluding ortho intramolecular Hbond substituents is 1. The van der Waals surface area contributed by atoms with Crippen molar-refractivity contribution in [2.24, 2.45) is 17.3 Å². The summed E-state index contributed by atoms with van der Waals surface area (Å²) in [4.78, 5) is 12.8. The number of ether oxygens (including phenoxy) is 2. The molecule has 0 unspecified atom stereocenters. The molecule has 0 amide bonds. The van der Waals surface area contributed by atoms with Gasteiger partial charge in [0.25, 0.3) is 0 Å². The van der Waals surface area contributed by atoms with E-state index in [-0.39, 0.29) is 47.8 Å².